The lowest BCUT2D eigenvalue weighted by atomic mass is 9.99. The molecular weight excluding hydrogens is 526 g/mol. The molecule has 6 heteroatoms. The molecule has 6 nitrogen and oxygen atoms in total. The van der Waals surface area contributed by atoms with Crippen molar-refractivity contribution in [1.82, 2.24) is 5.32 Å². The maximum atomic E-state index is 12.4. The Hall–Kier alpha value is -0.690. The van der Waals surface area contributed by atoms with Gasteiger partial charge in [0.1, 0.15) is 12.2 Å². The summed E-state index contributed by atoms with van der Waals surface area (Å²) in [6.07, 6.45) is 29.7. The van der Waals surface area contributed by atoms with Crippen molar-refractivity contribution >= 4 is 5.91 Å². The van der Waals surface area contributed by atoms with Crippen LogP contribution >= 0.6 is 0 Å². The number of nitrogens with one attached hydrogen (secondary N) is 1. The Labute approximate surface area is 260 Å². The van der Waals surface area contributed by atoms with Crippen molar-refractivity contribution in [2.75, 3.05) is 6.61 Å². The van der Waals surface area contributed by atoms with Gasteiger partial charge in [0.2, 0.25) is 5.91 Å². The normalized spacial score (nSPS) is 14.5. The molecule has 0 saturated heterocycles. The Kier molecular flexibility index (Phi) is 31.2. The molecule has 252 valence electrons. The number of carbonyl (C=O) groups is 1. The highest BCUT2D eigenvalue weighted by Crippen LogP contribution is 2.16. The molecule has 0 fully saturated rings. The highest BCUT2D eigenvalue weighted by atomic mass is 16.3. The average molecular weight is 600 g/mol. The van der Waals surface area contributed by atoms with E-state index in [2.05, 4.69) is 19.2 Å². The maximum Gasteiger partial charge on any atom is 0.249 e. The maximum absolute atomic E-state index is 12.4. The first-order valence-corrected chi connectivity index (χ1v) is 18.4. The molecule has 0 aromatic rings. The van der Waals surface area contributed by atoms with Crippen LogP contribution in [0.3, 0.4) is 0 Å². The van der Waals surface area contributed by atoms with Crippen LogP contribution in [0.2, 0.25) is 0 Å². The van der Waals surface area contributed by atoms with E-state index in [1.165, 1.54) is 128 Å². The quantitative estimate of drug-likeness (QED) is 0.0486. The van der Waals surface area contributed by atoms with Gasteiger partial charge in [-0.3, -0.25) is 4.79 Å². The third-order valence-corrected chi connectivity index (χ3v) is 8.82. The molecule has 0 bridgehead atoms. The predicted molar refractivity (Wildman–Crippen MR) is 178 cm³/mol. The van der Waals surface area contributed by atoms with Crippen molar-refractivity contribution in [3.05, 3.63) is 0 Å². The number of hydrogen-bond acceptors (Lipinski definition) is 5. The van der Waals surface area contributed by atoms with Gasteiger partial charge in [0, 0.05) is 0 Å². The molecule has 42 heavy (non-hydrogen) atoms. The largest absolute Gasteiger partial charge is 0.394 e. The number of aliphatic hydroxyl groups is 4. The Balaban J connectivity index is 3.80. The lowest BCUT2D eigenvalue weighted by molar-refractivity contribution is -0.132. The SMILES string of the molecule is CCCCCCCCCCCCCCCCC(O)C(O)C(CO)NC(=O)C(O)CCCCCCCCCCCCCC. The van der Waals surface area contributed by atoms with Crippen molar-refractivity contribution in [2.45, 2.75) is 218 Å². The van der Waals surface area contributed by atoms with Gasteiger partial charge in [-0.2, -0.15) is 0 Å². The van der Waals surface area contributed by atoms with Gasteiger partial charge in [0.25, 0.3) is 0 Å². The molecule has 0 aliphatic rings. The third-order valence-electron chi connectivity index (χ3n) is 8.82. The molecule has 0 aliphatic carbocycles. The second-order valence-electron chi connectivity index (χ2n) is 12.9. The van der Waals surface area contributed by atoms with Crippen LogP contribution in [0.4, 0.5) is 0 Å². The highest BCUT2D eigenvalue weighted by molar-refractivity contribution is 5.80. The molecule has 0 rings (SSSR count). The van der Waals surface area contributed by atoms with Crippen LogP contribution in [0.5, 0.6) is 0 Å². The Morgan fingerprint density at radius 3 is 1.14 bits per heavy atom. The van der Waals surface area contributed by atoms with Crippen LogP contribution in [-0.2, 0) is 4.79 Å². The van der Waals surface area contributed by atoms with Crippen LogP contribution in [0, 0.1) is 0 Å². The van der Waals surface area contributed by atoms with Crippen LogP contribution in [0.15, 0.2) is 0 Å². The minimum atomic E-state index is -1.25. The van der Waals surface area contributed by atoms with E-state index in [9.17, 15) is 25.2 Å². The first kappa shape index (κ1) is 41.3. The summed E-state index contributed by atoms with van der Waals surface area (Å²) in [6, 6.07) is -0.976. The van der Waals surface area contributed by atoms with E-state index in [1.807, 2.05) is 0 Å². The van der Waals surface area contributed by atoms with Gasteiger partial charge in [-0.15, -0.1) is 0 Å². The van der Waals surface area contributed by atoms with E-state index in [4.69, 9.17) is 0 Å². The van der Waals surface area contributed by atoms with Crippen molar-refractivity contribution in [3.8, 4) is 0 Å². The fourth-order valence-electron chi connectivity index (χ4n) is 5.81. The number of rotatable bonds is 33. The Bertz CT molecular complexity index is 561. The number of hydrogen-bond donors (Lipinski definition) is 5. The molecule has 0 aromatic heterocycles. The number of amides is 1. The molecule has 5 N–H and O–H groups in total. The van der Waals surface area contributed by atoms with E-state index in [0.717, 1.165) is 38.5 Å². The van der Waals surface area contributed by atoms with Gasteiger partial charge in [0.05, 0.1) is 18.8 Å². The Morgan fingerprint density at radius 2 is 0.810 bits per heavy atom. The summed E-state index contributed by atoms with van der Waals surface area (Å²) in [4.78, 5) is 12.4. The zero-order valence-electron chi connectivity index (χ0n) is 28.0. The van der Waals surface area contributed by atoms with Gasteiger partial charge < -0.3 is 25.7 Å². The predicted octanol–water partition coefficient (Wildman–Crippen LogP) is 8.51. The standard InChI is InChI=1S/C36H73NO5/c1-3-5-7-9-11-13-15-17-18-20-21-23-25-27-29-33(39)35(41)32(31-38)37-36(42)34(40)30-28-26-24-22-19-16-14-12-10-8-6-4-2/h32-35,38-41H,3-31H2,1-2H3,(H,37,42). The van der Waals surface area contributed by atoms with E-state index >= 15 is 0 Å². The van der Waals surface area contributed by atoms with Crippen molar-refractivity contribution in [1.29, 1.82) is 0 Å². The number of aliphatic hydroxyl groups excluding tert-OH is 4. The lowest BCUT2D eigenvalue weighted by Gasteiger charge is -2.27. The number of unbranched alkanes of at least 4 members (excludes halogenated alkanes) is 24. The molecule has 0 saturated carbocycles. The number of carbonyl (C=O) groups excluding carboxylic acids is 1. The fraction of sp³-hybridized carbons (Fsp3) is 0.972. The first-order valence-electron chi connectivity index (χ1n) is 18.4. The summed E-state index contributed by atoms with van der Waals surface area (Å²) in [5, 5.41) is 43.4. The zero-order valence-corrected chi connectivity index (χ0v) is 28.0. The van der Waals surface area contributed by atoms with Gasteiger partial charge in [-0.25, -0.2) is 0 Å². The lowest BCUT2D eigenvalue weighted by Crippen LogP contribution is -2.53. The molecule has 0 radical (unpaired) electrons. The minimum absolute atomic E-state index is 0.374. The molecule has 0 aromatic carbocycles. The molecular formula is C36H73NO5. The average Bonchev–Trinajstić information content (AvgIpc) is 2.99. The molecule has 0 heterocycles. The summed E-state index contributed by atoms with van der Waals surface area (Å²) >= 11 is 0. The third kappa shape index (κ3) is 25.8. The summed E-state index contributed by atoms with van der Waals surface area (Å²) in [5.74, 6) is -0.583. The second kappa shape index (κ2) is 31.7. The smallest absolute Gasteiger partial charge is 0.249 e. The van der Waals surface area contributed by atoms with E-state index < -0.39 is 36.9 Å². The molecule has 4 atom stereocenters. The molecule has 0 aliphatic heterocycles. The topological polar surface area (TPSA) is 110 Å². The van der Waals surface area contributed by atoms with E-state index in [-0.39, 0.29) is 0 Å². The Morgan fingerprint density at radius 1 is 0.500 bits per heavy atom. The summed E-state index contributed by atoms with van der Waals surface area (Å²) in [7, 11) is 0. The first-order chi connectivity index (χ1) is 20.5. The van der Waals surface area contributed by atoms with Gasteiger partial charge >= 0.3 is 0 Å². The van der Waals surface area contributed by atoms with E-state index in [0.29, 0.717) is 12.8 Å². The molecule has 4 unspecified atom stereocenters. The van der Waals surface area contributed by atoms with Crippen LogP contribution in [-0.4, -0.2) is 57.3 Å². The van der Waals surface area contributed by atoms with Gasteiger partial charge in [-0.1, -0.05) is 181 Å². The minimum Gasteiger partial charge on any atom is -0.394 e. The van der Waals surface area contributed by atoms with Crippen molar-refractivity contribution < 1.29 is 25.2 Å². The highest BCUT2D eigenvalue weighted by Gasteiger charge is 2.28. The van der Waals surface area contributed by atoms with Crippen molar-refractivity contribution in [2.24, 2.45) is 0 Å². The van der Waals surface area contributed by atoms with Crippen LogP contribution < -0.4 is 5.32 Å². The van der Waals surface area contributed by atoms with Crippen LogP contribution in [0.1, 0.15) is 194 Å². The second-order valence-corrected chi connectivity index (χ2v) is 12.9. The van der Waals surface area contributed by atoms with Gasteiger partial charge in [-0.05, 0) is 12.8 Å². The molecule has 1 amide bonds. The van der Waals surface area contributed by atoms with Crippen molar-refractivity contribution in [3.63, 3.8) is 0 Å². The zero-order chi connectivity index (χ0) is 31.1. The molecule has 0 spiro atoms. The fourth-order valence-corrected chi connectivity index (χ4v) is 5.81. The summed E-state index contributed by atoms with van der Waals surface area (Å²) in [5.41, 5.74) is 0. The summed E-state index contributed by atoms with van der Waals surface area (Å²) < 4.78 is 0. The van der Waals surface area contributed by atoms with E-state index in [1.54, 1.807) is 0 Å². The van der Waals surface area contributed by atoms with Gasteiger partial charge in [0.15, 0.2) is 0 Å². The summed E-state index contributed by atoms with van der Waals surface area (Å²) in [6.45, 7) is 4.03. The monoisotopic (exact) mass is 600 g/mol. The van der Waals surface area contributed by atoms with Crippen LogP contribution in [0.25, 0.3) is 0 Å².